The first kappa shape index (κ1) is 12.9. The highest BCUT2D eigenvalue weighted by molar-refractivity contribution is 5.91. The number of carboxylic acids is 1. The molecular formula is C8H6F3NO5. The molecule has 0 aliphatic heterocycles. The fraction of sp³-hybridized carbons (Fsp3) is 0.250. The molecule has 0 aliphatic carbocycles. The molecule has 0 spiro atoms. The zero-order valence-corrected chi connectivity index (χ0v) is 8.29. The third-order valence-corrected chi connectivity index (χ3v) is 1.62. The monoisotopic (exact) mass is 253 g/mol. The maximum Gasteiger partial charge on any atom is 0.573 e. The molecule has 1 aromatic heterocycles. The van der Waals surface area contributed by atoms with E-state index < -0.39 is 35.1 Å². The molecule has 0 aromatic carbocycles. The highest BCUT2D eigenvalue weighted by Gasteiger charge is 2.35. The summed E-state index contributed by atoms with van der Waals surface area (Å²) in [6, 6.07) is 0.464. The summed E-state index contributed by atoms with van der Waals surface area (Å²) >= 11 is 0. The number of hydrogen-bond acceptors (Lipinski definition) is 4. The van der Waals surface area contributed by atoms with E-state index in [9.17, 15) is 22.8 Å². The van der Waals surface area contributed by atoms with Crippen LogP contribution in [0.4, 0.5) is 13.2 Å². The highest BCUT2D eigenvalue weighted by Crippen LogP contribution is 2.32. The number of halogens is 3. The largest absolute Gasteiger partial charge is 0.573 e. The van der Waals surface area contributed by atoms with Crippen molar-refractivity contribution in [2.45, 2.75) is 6.36 Å². The van der Waals surface area contributed by atoms with E-state index in [2.05, 4.69) is 9.47 Å². The molecule has 0 atom stereocenters. The van der Waals surface area contributed by atoms with Crippen LogP contribution in [0.25, 0.3) is 0 Å². The summed E-state index contributed by atoms with van der Waals surface area (Å²) in [5.74, 6) is -3.56. The normalized spacial score (nSPS) is 11.1. The minimum atomic E-state index is -5.10. The lowest BCUT2D eigenvalue weighted by Gasteiger charge is -2.13. The molecule has 1 aromatic rings. The Morgan fingerprint density at radius 3 is 2.47 bits per heavy atom. The lowest BCUT2D eigenvalue weighted by atomic mass is 10.2. The second-order valence-electron chi connectivity index (χ2n) is 2.76. The van der Waals surface area contributed by atoms with E-state index >= 15 is 0 Å². The van der Waals surface area contributed by atoms with Gasteiger partial charge < -0.3 is 14.6 Å². The molecule has 0 fully saturated rings. The standard InChI is InChI=1S/C8H6F3NO5/c1-16-6-5(17-8(9,10)11)3(7(14)15)2-4(13)12-6/h2H,1H3,(H,12,13)(H,14,15). The first-order valence-electron chi connectivity index (χ1n) is 4.05. The number of H-pyrrole nitrogens is 1. The van der Waals surface area contributed by atoms with Gasteiger partial charge in [-0.2, -0.15) is 0 Å². The van der Waals surface area contributed by atoms with Crippen molar-refractivity contribution in [1.82, 2.24) is 4.98 Å². The summed E-state index contributed by atoms with van der Waals surface area (Å²) in [5.41, 5.74) is -1.86. The lowest BCUT2D eigenvalue weighted by molar-refractivity contribution is -0.275. The van der Waals surface area contributed by atoms with Crippen molar-refractivity contribution in [3.8, 4) is 11.6 Å². The van der Waals surface area contributed by atoms with Crippen LogP contribution in [-0.4, -0.2) is 29.5 Å². The third kappa shape index (κ3) is 3.13. The van der Waals surface area contributed by atoms with Gasteiger partial charge in [0, 0.05) is 6.07 Å². The molecule has 0 bridgehead atoms. The Balaban J connectivity index is 3.42. The van der Waals surface area contributed by atoms with Crippen LogP contribution in [0.15, 0.2) is 10.9 Å². The Hall–Kier alpha value is -2.19. The number of carbonyl (C=O) groups is 1. The molecule has 0 saturated heterocycles. The van der Waals surface area contributed by atoms with Crippen molar-refractivity contribution in [2.24, 2.45) is 0 Å². The average Bonchev–Trinajstić information content (AvgIpc) is 2.17. The molecule has 0 unspecified atom stereocenters. The van der Waals surface area contributed by atoms with Gasteiger partial charge in [0.25, 0.3) is 5.56 Å². The molecule has 0 amide bonds. The molecular weight excluding hydrogens is 247 g/mol. The van der Waals surface area contributed by atoms with Gasteiger partial charge in [0.05, 0.1) is 7.11 Å². The summed E-state index contributed by atoms with van der Waals surface area (Å²) in [4.78, 5) is 23.5. The number of aromatic carboxylic acids is 1. The van der Waals surface area contributed by atoms with Crippen LogP contribution in [0, 0.1) is 0 Å². The fourth-order valence-electron chi connectivity index (χ4n) is 1.04. The molecule has 0 saturated carbocycles. The summed E-state index contributed by atoms with van der Waals surface area (Å²) in [6.07, 6.45) is -5.10. The van der Waals surface area contributed by atoms with E-state index in [-0.39, 0.29) is 0 Å². The Labute approximate surface area is 91.6 Å². The number of rotatable bonds is 3. The minimum Gasteiger partial charge on any atom is -0.480 e. The van der Waals surface area contributed by atoms with Crippen molar-refractivity contribution in [3.05, 3.63) is 22.0 Å². The van der Waals surface area contributed by atoms with Crippen LogP contribution in [0.5, 0.6) is 11.6 Å². The number of hydrogen-bond donors (Lipinski definition) is 2. The Morgan fingerprint density at radius 1 is 1.47 bits per heavy atom. The second kappa shape index (κ2) is 4.36. The molecule has 17 heavy (non-hydrogen) atoms. The number of aromatic amines is 1. The molecule has 0 radical (unpaired) electrons. The molecule has 2 N–H and O–H groups in total. The van der Waals surface area contributed by atoms with Crippen LogP contribution < -0.4 is 15.0 Å². The fourth-order valence-corrected chi connectivity index (χ4v) is 1.04. The van der Waals surface area contributed by atoms with E-state index in [1.165, 1.54) is 0 Å². The molecule has 1 heterocycles. The van der Waals surface area contributed by atoms with Gasteiger partial charge in [0.2, 0.25) is 11.6 Å². The van der Waals surface area contributed by atoms with Crippen LogP contribution in [0.1, 0.15) is 10.4 Å². The molecule has 0 aliphatic rings. The van der Waals surface area contributed by atoms with Gasteiger partial charge in [-0.25, -0.2) is 4.79 Å². The van der Waals surface area contributed by atoms with Gasteiger partial charge in [-0.15, -0.1) is 13.2 Å². The number of nitrogens with one attached hydrogen (secondary N) is 1. The zero-order valence-electron chi connectivity index (χ0n) is 8.29. The van der Waals surface area contributed by atoms with Gasteiger partial charge >= 0.3 is 12.3 Å². The number of aromatic nitrogens is 1. The molecule has 94 valence electrons. The number of alkyl halides is 3. The maximum absolute atomic E-state index is 12.0. The number of pyridine rings is 1. The number of carboxylic acid groups (broad SMARTS) is 1. The van der Waals surface area contributed by atoms with Gasteiger partial charge in [0.1, 0.15) is 5.56 Å². The van der Waals surface area contributed by atoms with E-state index in [0.717, 1.165) is 7.11 Å². The van der Waals surface area contributed by atoms with Gasteiger partial charge in [-0.05, 0) is 0 Å². The van der Waals surface area contributed by atoms with Crippen molar-refractivity contribution in [2.75, 3.05) is 7.11 Å². The summed E-state index contributed by atoms with van der Waals surface area (Å²) < 4.78 is 44.0. The van der Waals surface area contributed by atoms with Crippen LogP contribution in [-0.2, 0) is 0 Å². The summed E-state index contributed by atoms with van der Waals surface area (Å²) in [5, 5.41) is 8.65. The van der Waals surface area contributed by atoms with E-state index in [0.29, 0.717) is 6.07 Å². The van der Waals surface area contributed by atoms with Gasteiger partial charge in [0.15, 0.2) is 0 Å². The van der Waals surface area contributed by atoms with Crippen molar-refractivity contribution in [1.29, 1.82) is 0 Å². The average molecular weight is 253 g/mol. The SMILES string of the molecule is COc1[nH]c(=O)cc(C(=O)O)c1OC(F)(F)F. The van der Waals surface area contributed by atoms with E-state index in [4.69, 9.17) is 5.11 Å². The Morgan fingerprint density at radius 2 is 2.06 bits per heavy atom. The molecule has 1 rings (SSSR count). The van der Waals surface area contributed by atoms with Gasteiger partial charge in [-0.1, -0.05) is 0 Å². The maximum atomic E-state index is 12.0. The van der Waals surface area contributed by atoms with Crippen molar-refractivity contribution >= 4 is 5.97 Å². The first-order chi connectivity index (χ1) is 7.74. The predicted octanol–water partition coefficient (Wildman–Crippen LogP) is 0.980. The smallest absolute Gasteiger partial charge is 0.480 e. The Bertz CT molecular complexity index is 493. The molecule has 9 heteroatoms. The highest BCUT2D eigenvalue weighted by atomic mass is 19.4. The summed E-state index contributed by atoms with van der Waals surface area (Å²) in [7, 11) is 0.958. The number of methoxy groups -OCH3 is 1. The van der Waals surface area contributed by atoms with Crippen LogP contribution in [0.2, 0.25) is 0 Å². The van der Waals surface area contributed by atoms with E-state index in [1.807, 2.05) is 4.98 Å². The first-order valence-corrected chi connectivity index (χ1v) is 4.05. The van der Waals surface area contributed by atoms with Crippen LogP contribution in [0.3, 0.4) is 0 Å². The number of ether oxygens (including phenoxy) is 2. The Kier molecular flexibility index (Phi) is 3.30. The van der Waals surface area contributed by atoms with Crippen molar-refractivity contribution in [3.63, 3.8) is 0 Å². The summed E-state index contributed by atoms with van der Waals surface area (Å²) in [6.45, 7) is 0. The zero-order chi connectivity index (χ0) is 13.2. The van der Waals surface area contributed by atoms with Crippen LogP contribution >= 0.6 is 0 Å². The van der Waals surface area contributed by atoms with Gasteiger partial charge in [-0.3, -0.25) is 9.78 Å². The second-order valence-corrected chi connectivity index (χ2v) is 2.76. The topological polar surface area (TPSA) is 88.6 Å². The quantitative estimate of drug-likeness (QED) is 0.838. The third-order valence-electron chi connectivity index (χ3n) is 1.62. The minimum absolute atomic E-state index is 0.464. The van der Waals surface area contributed by atoms with Crippen molar-refractivity contribution < 1.29 is 32.5 Å². The van der Waals surface area contributed by atoms with E-state index in [1.54, 1.807) is 0 Å². The molecule has 6 nitrogen and oxygen atoms in total. The lowest BCUT2D eigenvalue weighted by Crippen LogP contribution is -2.22. The predicted molar refractivity (Wildman–Crippen MR) is 47.3 cm³/mol.